The number of aromatic nitrogens is 2. The van der Waals surface area contributed by atoms with Crippen molar-refractivity contribution < 1.29 is 9.90 Å². The van der Waals surface area contributed by atoms with Gasteiger partial charge in [-0.2, -0.15) is 0 Å². The Morgan fingerprint density at radius 2 is 1.67 bits per heavy atom. The number of benzene rings is 3. The summed E-state index contributed by atoms with van der Waals surface area (Å²) in [4.78, 5) is 20.0. The minimum Gasteiger partial charge on any atom is -0.478 e. The molecule has 162 valence electrons. The largest absolute Gasteiger partial charge is 0.478 e. The number of aromatic carboxylic acids is 1. The molecule has 3 N–H and O–H groups in total. The minimum absolute atomic E-state index is 0.311. The number of carboxylic acid groups (broad SMARTS) is 1. The fraction of sp³-hybridized carbons (Fsp3) is 0.0714. The van der Waals surface area contributed by atoms with Crippen LogP contribution >= 0.6 is 0 Å². The third-order valence-corrected chi connectivity index (χ3v) is 5.70. The van der Waals surface area contributed by atoms with Crippen molar-refractivity contribution in [2.45, 2.75) is 13.1 Å². The number of pyridine rings is 1. The van der Waals surface area contributed by atoms with Crippen LogP contribution in [0.25, 0.3) is 33.8 Å². The predicted octanol–water partition coefficient (Wildman–Crippen LogP) is 5.87. The normalized spacial score (nSPS) is 11.5. The molecule has 2 heterocycles. The van der Waals surface area contributed by atoms with Crippen LogP contribution in [0, 0.1) is 0 Å². The van der Waals surface area contributed by atoms with Crippen LogP contribution < -0.4 is 5.32 Å². The summed E-state index contributed by atoms with van der Waals surface area (Å²) in [6, 6.07) is 25.9. The first-order chi connectivity index (χ1) is 16.2. The predicted molar refractivity (Wildman–Crippen MR) is 133 cm³/mol. The van der Waals surface area contributed by atoms with Crippen LogP contribution in [0.3, 0.4) is 0 Å². The van der Waals surface area contributed by atoms with Crippen molar-refractivity contribution in [2.75, 3.05) is 0 Å². The van der Waals surface area contributed by atoms with Gasteiger partial charge < -0.3 is 15.4 Å². The smallest absolute Gasteiger partial charge is 0.338 e. The molecule has 33 heavy (non-hydrogen) atoms. The molecule has 0 aliphatic rings. The number of rotatable bonds is 7. The highest BCUT2D eigenvalue weighted by Gasteiger charge is 2.19. The van der Waals surface area contributed by atoms with E-state index in [-0.39, 0.29) is 0 Å². The van der Waals surface area contributed by atoms with E-state index >= 15 is 0 Å². The molecule has 3 aromatic carbocycles. The lowest BCUT2D eigenvalue weighted by Gasteiger charge is -2.04. The number of nitrogens with one attached hydrogen (secondary N) is 2. The maximum Gasteiger partial charge on any atom is 0.338 e. The lowest BCUT2D eigenvalue weighted by Crippen LogP contribution is -2.15. The van der Waals surface area contributed by atoms with Crippen LogP contribution in [0.4, 0.5) is 0 Å². The molecule has 2 aromatic heterocycles. The number of aromatic amines is 1. The Hall–Kier alpha value is -4.22. The summed E-state index contributed by atoms with van der Waals surface area (Å²) < 4.78 is 0. The van der Waals surface area contributed by atoms with Crippen LogP contribution in [0.2, 0.25) is 0 Å². The lowest BCUT2D eigenvalue weighted by atomic mass is 10.0. The van der Waals surface area contributed by atoms with Gasteiger partial charge in [-0.3, -0.25) is 4.98 Å². The van der Waals surface area contributed by atoms with Gasteiger partial charge in [-0.05, 0) is 23.3 Å². The van der Waals surface area contributed by atoms with Crippen LogP contribution in [-0.4, -0.2) is 21.0 Å². The van der Waals surface area contributed by atoms with Crippen molar-refractivity contribution in [1.82, 2.24) is 15.3 Å². The molecule has 0 aliphatic carbocycles. The van der Waals surface area contributed by atoms with Gasteiger partial charge in [-0.15, -0.1) is 0 Å². The summed E-state index contributed by atoms with van der Waals surface area (Å²) in [5, 5.41) is 15.9. The molecule has 0 amide bonds. The Morgan fingerprint density at radius 1 is 0.909 bits per heavy atom. The molecule has 0 fully saturated rings. The number of fused-ring (bicyclic) bond motifs is 3. The third kappa shape index (κ3) is 4.40. The molecule has 0 bridgehead atoms. The standard InChI is InChI=1S/C28H23N3O2/c32-28(33)26-23-14-12-21-17-30-22(13-11-19-7-3-1-4-8-19)15-24(21)27(23)31-25(26)18-29-16-20-9-5-2-6-10-20/h1-15,17,29,31H,16,18H2,(H,32,33). The highest BCUT2D eigenvalue weighted by molar-refractivity contribution is 6.13. The number of hydrogen-bond donors (Lipinski definition) is 3. The molecule has 5 rings (SSSR count). The van der Waals surface area contributed by atoms with Crippen LogP contribution in [0.1, 0.15) is 32.9 Å². The molecule has 0 aliphatic heterocycles. The highest BCUT2D eigenvalue weighted by atomic mass is 16.4. The Morgan fingerprint density at radius 3 is 2.42 bits per heavy atom. The van der Waals surface area contributed by atoms with Crippen molar-refractivity contribution in [1.29, 1.82) is 0 Å². The second-order valence-corrected chi connectivity index (χ2v) is 7.94. The van der Waals surface area contributed by atoms with E-state index in [0.717, 1.165) is 33.1 Å². The van der Waals surface area contributed by atoms with Crippen molar-refractivity contribution >= 4 is 39.8 Å². The third-order valence-electron chi connectivity index (χ3n) is 5.70. The monoisotopic (exact) mass is 433 g/mol. The van der Waals surface area contributed by atoms with Crippen molar-refractivity contribution in [3.05, 3.63) is 113 Å². The van der Waals surface area contributed by atoms with Crippen molar-refractivity contribution in [3.8, 4) is 0 Å². The lowest BCUT2D eigenvalue weighted by molar-refractivity contribution is 0.0697. The molecule has 5 aromatic rings. The fourth-order valence-corrected chi connectivity index (χ4v) is 4.09. The summed E-state index contributed by atoms with van der Waals surface area (Å²) in [5.74, 6) is -0.935. The number of H-pyrrole nitrogens is 1. The van der Waals surface area contributed by atoms with E-state index in [1.165, 1.54) is 0 Å². The molecule has 5 nitrogen and oxygen atoms in total. The number of nitrogens with zero attached hydrogens (tertiary/aromatic N) is 1. The summed E-state index contributed by atoms with van der Waals surface area (Å²) in [6.07, 6.45) is 5.82. The Labute approximate surface area is 191 Å². The second kappa shape index (κ2) is 9.10. The van der Waals surface area contributed by atoms with E-state index in [4.69, 9.17) is 0 Å². The summed E-state index contributed by atoms with van der Waals surface area (Å²) in [6.45, 7) is 1.09. The zero-order chi connectivity index (χ0) is 22.6. The van der Waals surface area contributed by atoms with Crippen LogP contribution in [0.5, 0.6) is 0 Å². The molecule has 0 saturated carbocycles. The summed E-state index contributed by atoms with van der Waals surface area (Å²) in [7, 11) is 0. The topological polar surface area (TPSA) is 78.0 Å². The second-order valence-electron chi connectivity index (χ2n) is 7.94. The maximum atomic E-state index is 12.1. The molecule has 0 radical (unpaired) electrons. The van der Waals surface area contributed by atoms with E-state index in [1.807, 2.05) is 97.2 Å². The van der Waals surface area contributed by atoms with Gasteiger partial charge >= 0.3 is 5.97 Å². The first-order valence-electron chi connectivity index (χ1n) is 10.8. The van der Waals surface area contributed by atoms with E-state index in [0.29, 0.717) is 29.7 Å². The first kappa shape index (κ1) is 20.7. The quantitative estimate of drug-likeness (QED) is 0.300. The maximum absolute atomic E-state index is 12.1. The molecular formula is C28H23N3O2. The van der Waals surface area contributed by atoms with Gasteiger partial charge in [0.1, 0.15) is 0 Å². The molecule has 0 spiro atoms. The molecule has 0 unspecified atom stereocenters. The minimum atomic E-state index is -0.935. The van der Waals surface area contributed by atoms with Gasteiger partial charge in [0, 0.05) is 41.1 Å². The van der Waals surface area contributed by atoms with Gasteiger partial charge in [0.15, 0.2) is 0 Å². The Balaban J connectivity index is 1.50. The number of hydrogen-bond acceptors (Lipinski definition) is 3. The molecule has 0 saturated heterocycles. The molecule has 5 heteroatoms. The van der Waals surface area contributed by atoms with E-state index < -0.39 is 5.97 Å². The van der Waals surface area contributed by atoms with Crippen molar-refractivity contribution in [3.63, 3.8) is 0 Å². The highest BCUT2D eigenvalue weighted by Crippen LogP contribution is 2.30. The zero-order valence-electron chi connectivity index (χ0n) is 18.0. The average Bonchev–Trinajstić information content (AvgIpc) is 3.23. The van der Waals surface area contributed by atoms with Crippen LogP contribution in [0.15, 0.2) is 85.1 Å². The number of carbonyl (C=O) groups is 1. The van der Waals surface area contributed by atoms with E-state index in [2.05, 4.69) is 15.3 Å². The Bertz CT molecular complexity index is 1450. The molecular weight excluding hydrogens is 410 g/mol. The van der Waals surface area contributed by atoms with Gasteiger partial charge in [-0.1, -0.05) is 78.9 Å². The first-order valence-corrected chi connectivity index (χ1v) is 10.8. The fourth-order valence-electron chi connectivity index (χ4n) is 4.09. The average molecular weight is 434 g/mol. The zero-order valence-corrected chi connectivity index (χ0v) is 18.0. The number of carboxylic acids is 1. The van der Waals surface area contributed by atoms with Gasteiger partial charge in [-0.25, -0.2) is 4.79 Å². The summed E-state index contributed by atoms with van der Waals surface area (Å²) in [5.41, 5.74) is 4.85. The van der Waals surface area contributed by atoms with Crippen LogP contribution in [-0.2, 0) is 13.1 Å². The van der Waals surface area contributed by atoms with Gasteiger partial charge in [0.25, 0.3) is 0 Å². The SMILES string of the molecule is O=C(O)c1c(CNCc2ccccc2)[nH]c2c1ccc1cnc(C=Cc3ccccc3)cc12. The van der Waals surface area contributed by atoms with Crippen molar-refractivity contribution in [2.24, 2.45) is 0 Å². The summed E-state index contributed by atoms with van der Waals surface area (Å²) >= 11 is 0. The van der Waals surface area contributed by atoms with E-state index in [1.54, 1.807) is 0 Å². The van der Waals surface area contributed by atoms with Gasteiger partial charge in [0.05, 0.1) is 16.8 Å². The van der Waals surface area contributed by atoms with Gasteiger partial charge in [0.2, 0.25) is 0 Å². The van der Waals surface area contributed by atoms with E-state index in [9.17, 15) is 9.90 Å². The molecule has 0 atom stereocenters. The Kier molecular flexibility index (Phi) is 5.70.